The van der Waals surface area contributed by atoms with Gasteiger partial charge in [-0.25, -0.2) is 8.42 Å². The Morgan fingerprint density at radius 1 is 0.935 bits per heavy atom. The molecule has 0 spiro atoms. The average Bonchev–Trinajstić information content (AvgIpc) is 2.77. The molecule has 0 bridgehead atoms. The third-order valence-corrected chi connectivity index (χ3v) is 5.98. The first-order valence-corrected chi connectivity index (χ1v) is 11.0. The number of hydrogen-bond donors (Lipinski definition) is 2. The number of sulfonamides is 1. The van der Waals surface area contributed by atoms with E-state index in [1.54, 1.807) is 56.7 Å². The lowest BCUT2D eigenvalue weighted by molar-refractivity contribution is 0.0950. The smallest absolute Gasteiger partial charge is 0.261 e. The number of methoxy groups -OCH3 is 2. The molecule has 3 aromatic carbocycles. The summed E-state index contributed by atoms with van der Waals surface area (Å²) in [5.41, 5.74) is 2.36. The molecule has 0 unspecified atom stereocenters. The van der Waals surface area contributed by atoms with Crippen molar-refractivity contribution in [2.45, 2.75) is 18.4 Å². The number of ether oxygens (including phenoxy) is 2. The minimum absolute atomic E-state index is 0.000571. The summed E-state index contributed by atoms with van der Waals surface area (Å²) in [7, 11) is -0.739. The molecule has 8 heteroatoms. The average molecular weight is 441 g/mol. The summed E-state index contributed by atoms with van der Waals surface area (Å²) in [6.45, 7) is 2.07. The van der Waals surface area contributed by atoms with Crippen molar-refractivity contribution in [3.8, 4) is 11.5 Å². The van der Waals surface area contributed by atoms with Crippen LogP contribution in [0.3, 0.4) is 0 Å². The molecule has 162 valence electrons. The van der Waals surface area contributed by atoms with Crippen LogP contribution in [0.2, 0.25) is 0 Å². The van der Waals surface area contributed by atoms with Gasteiger partial charge >= 0.3 is 0 Å². The number of aryl methyl sites for hydroxylation is 1. The Morgan fingerprint density at radius 3 is 2.42 bits per heavy atom. The predicted octanol–water partition coefficient (Wildman–Crippen LogP) is 3.74. The first-order valence-electron chi connectivity index (χ1n) is 9.51. The summed E-state index contributed by atoms with van der Waals surface area (Å²) in [6.07, 6.45) is 0. The second-order valence-electron chi connectivity index (χ2n) is 6.86. The Hall–Kier alpha value is -3.52. The minimum atomic E-state index is -3.84. The molecule has 0 radical (unpaired) electrons. The maximum atomic E-state index is 12.7. The van der Waals surface area contributed by atoms with Gasteiger partial charge in [-0.15, -0.1) is 0 Å². The molecular weight excluding hydrogens is 416 g/mol. The monoisotopic (exact) mass is 440 g/mol. The van der Waals surface area contributed by atoms with Gasteiger partial charge in [-0.05, 0) is 61.0 Å². The van der Waals surface area contributed by atoms with E-state index in [-0.39, 0.29) is 17.0 Å². The van der Waals surface area contributed by atoms with E-state index in [0.717, 1.165) is 11.1 Å². The highest BCUT2D eigenvalue weighted by molar-refractivity contribution is 7.92. The van der Waals surface area contributed by atoms with Crippen LogP contribution in [0.15, 0.2) is 71.6 Å². The quantitative estimate of drug-likeness (QED) is 0.557. The van der Waals surface area contributed by atoms with Crippen molar-refractivity contribution in [2.75, 3.05) is 18.9 Å². The molecule has 3 aromatic rings. The van der Waals surface area contributed by atoms with Crippen molar-refractivity contribution in [2.24, 2.45) is 0 Å². The second-order valence-corrected chi connectivity index (χ2v) is 8.55. The van der Waals surface area contributed by atoms with Crippen molar-refractivity contribution in [1.29, 1.82) is 0 Å². The molecule has 0 saturated carbocycles. The molecule has 0 aromatic heterocycles. The molecule has 3 rings (SSSR count). The Balaban J connectivity index is 1.76. The van der Waals surface area contributed by atoms with Crippen LogP contribution >= 0.6 is 0 Å². The van der Waals surface area contributed by atoms with Gasteiger partial charge in [0.2, 0.25) is 0 Å². The number of carbonyl (C=O) groups excluding carboxylic acids is 1. The normalized spacial score (nSPS) is 10.9. The van der Waals surface area contributed by atoms with Crippen molar-refractivity contribution in [3.05, 3.63) is 83.4 Å². The van der Waals surface area contributed by atoms with Gasteiger partial charge in [-0.1, -0.05) is 18.2 Å². The van der Waals surface area contributed by atoms with Crippen LogP contribution in [-0.4, -0.2) is 28.5 Å². The Labute approximate surface area is 182 Å². The van der Waals surface area contributed by atoms with Crippen LogP contribution in [0.25, 0.3) is 0 Å². The summed E-state index contributed by atoms with van der Waals surface area (Å²) in [4.78, 5) is 12.7. The number of benzene rings is 3. The molecule has 0 aliphatic heterocycles. The van der Waals surface area contributed by atoms with Crippen LogP contribution < -0.4 is 19.5 Å². The number of hydrogen-bond acceptors (Lipinski definition) is 5. The molecule has 0 aliphatic rings. The zero-order valence-electron chi connectivity index (χ0n) is 17.5. The van der Waals surface area contributed by atoms with Crippen LogP contribution in [0, 0.1) is 6.92 Å². The van der Waals surface area contributed by atoms with Crippen molar-refractivity contribution in [1.82, 2.24) is 5.32 Å². The highest BCUT2D eigenvalue weighted by Gasteiger charge is 2.17. The van der Waals surface area contributed by atoms with Crippen LogP contribution in [0.5, 0.6) is 11.5 Å². The number of nitrogens with one attached hydrogen (secondary N) is 2. The fraction of sp³-hybridized carbons (Fsp3) is 0.174. The SMILES string of the molecule is COc1ccc(OC)c(CNC(=O)c2cccc(S(=O)(=O)Nc3cccc(C)c3)c2)c1. The van der Waals surface area contributed by atoms with Crippen LogP contribution in [-0.2, 0) is 16.6 Å². The highest BCUT2D eigenvalue weighted by atomic mass is 32.2. The standard InChI is InChI=1S/C23H24N2O5S/c1-16-6-4-8-19(12-16)25-31(27,28)21-9-5-7-17(14-21)23(26)24-15-18-13-20(29-2)10-11-22(18)30-3/h4-14,25H,15H2,1-3H3,(H,24,26). The molecule has 0 fully saturated rings. The molecule has 0 aliphatic carbocycles. The lowest BCUT2D eigenvalue weighted by Crippen LogP contribution is -2.23. The van der Waals surface area contributed by atoms with Gasteiger partial charge in [0.1, 0.15) is 11.5 Å². The summed E-state index contributed by atoms with van der Waals surface area (Å²) in [6, 6.07) is 18.2. The van der Waals surface area contributed by atoms with Gasteiger partial charge in [0.25, 0.3) is 15.9 Å². The van der Waals surface area contributed by atoms with Gasteiger partial charge in [0.15, 0.2) is 0 Å². The summed E-state index contributed by atoms with van der Waals surface area (Å²) in [5.74, 6) is 0.845. The fourth-order valence-corrected chi connectivity index (χ4v) is 4.12. The van der Waals surface area contributed by atoms with E-state index in [1.165, 1.54) is 18.2 Å². The van der Waals surface area contributed by atoms with Gasteiger partial charge in [-0.3, -0.25) is 9.52 Å². The van der Waals surface area contributed by atoms with Gasteiger partial charge in [-0.2, -0.15) is 0 Å². The maximum Gasteiger partial charge on any atom is 0.261 e. The number of rotatable bonds is 8. The largest absolute Gasteiger partial charge is 0.497 e. The van der Waals surface area contributed by atoms with E-state index < -0.39 is 15.9 Å². The van der Waals surface area contributed by atoms with E-state index >= 15 is 0 Å². The summed E-state index contributed by atoms with van der Waals surface area (Å²) in [5, 5.41) is 2.79. The van der Waals surface area contributed by atoms with Crippen molar-refractivity contribution < 1.29 is 22.7 Å². The van der Waals surface area contributed by atoms with Crippen molar-refractivity contribution >= 4 is 21.6 Å². The Morgan fingerprint density at radius 2 is 1.71 bits per heavy atom. The van der Waals surface area contributed by atoms with Gasteiger partial charge in [0, 0.05) is 23.4 Å². The minimum Gasteiger partial charge on any atom is -0.497 e. The number of anilines is 1. The molecule has 1 amide bonds. The lowest BCUT2D eigenvalue weighted by Gasteiger charge is -2.12. The van der Waals surface area contributed by atoms with Crippen LogP contribution in [0.1, 0.15) is 21.5 Å². The zero-order chi connectivity index (χ0) is 22.4. The maximum absolute atomic E-state index is 12.7. The third-order valence-electron chi connectivity index (χ3n) is 4.60. The lowest BCUT2D eigenvalue weighted by atomic mass is 10.1. The first kappa shape index (κ1) is 22.2. The number of carbonyl (C=O) groups is 1. The van der Waals surface area contributed by atoms with Crippen molar-refractivity contribution in [3.63, 3.8) is 0 Å². The molecular formula is C23H24N2O5S. The Kier molecular flexibility index (Phi) is 6.81. The van der Waals surface area contributed by atoms with E-state index in [9.17, 15) is 13.2 Å². The number of amides is 1. The fourth-order valence-electron chi connectivity index (χ4n) is 3.02. The highest BCUT2D eigenvalue weighted by Crippen LogP contribution is 2.24. The molecule has 31 heavy (non-hydrogen) atoms. The van der Waals surface area contributed by atoms with Gasteiger partial charge < -0.3 is 14.8 Å². The predicted molar refractivity (Wildman–Crippen MR) is 119 cm³/mol. The van der Waals surface area contributed by atoms with E-state index in [2.05, 4.69) is 10.0 Å². The molecule has 2 N–H and O–H groups in total. The second kappa shape index (κ2) is 9.53. The van der Waals surface area contributed by atoms with Gasteiger partial charge in [0.05, 0.1) is 19.1 Å². The summed E-state index contributed by atoms with van der Waals surface area (Å²) < 4.78 is 38.6. The van der Waals surface area contributed by atoms with E-state index in [4.69, 9.17) is 9.47 Å². The molecule has 7 nitrogen and oxygen atoms in total. The molecule has 0 heterocycles. The van der Waals surface area contributed by atoms with E-state index in [1.807, 2.05) is 13.0 Å². The van der Waals surface area contributed by atoms with E-state index in [0.29, 0.717) is 17.2 Å². The molecule has 0 saturated heterocycles. The Bertz CT molecular complexity index is 1190. The molecule has 0 atom stereocenters. The third kappa shape index (κ3) is 5.55. The topological polar surface area (TPSA) is 93.7 Å². The summed E-state index contributed by atoms with van der Waals surface area (Å²) >= 11 is 0. The zero-order valence-corrected chi connectivity index (χ0v) is 18.3. The first-order chi connectivity index (χ1) is 14.8. The van der Waals surface area contributed by atoms with Crippen LogP contribution in [0.4, 0.5) is 5.69 Å².